The predicted molar refractivity (Wildman–Crippen MR) is 240 cm³/mol. The third-order valence-electron chi connectivity index (χ3n) is 11.2. The van der Waals surface area contributed by atoms with Gasteiger partial charge in [0.2, 0.25) is 0 Å². The summed E-state index contributed by atoms with van der Waals surface area (Å²) >= 11 is 0. The molecule has 0 atom stereocenters. The molecule has 0 aliphatic rings. The number of nitrogens with zero attached hydrogens (tertiary/aromatic N) is 7. The molecular formula is C53H31N7. The maximum atomic E-state index is 10.3. The van der Waals surface area contributed by atoms with Gasteiger partial charge in [0.05, 0.1) is 56.7 Å². The van der Waals surface area contributed by atoms with Crippen LogP contribution >= 0.6 is 0 Å². The van der Waals surface area contributed by atoms with E-state index in [1.165, 1.54) is 0 Å². The third-order valence-corrected chi connectivity index (χ3v) is 11.2. The number of aromatic nitrogens is 5. The van der Waals surface area contributed by atoms with Gasteiger partial charge in [-0.15, -0.1) is 0 Å². The number of benzene rings is 8. The Labute approximate surface area is 345 Å². The van der Waals surface area contributed by atoms with Crippen LogP contribution < -0.4 is 0 Å². The summed E-state index contributed by atoms with van der Waals surface area (Å²) in [5.74, 6) is 1.42. The van der Waals surface area contributed by atoms with E-state index in [-0.39, 0.29) is 0 Å². The van der Waals surface area contributed by atoms with Crippen molar-refractivity contribution in [2.75, 3.05) is 0 Å². The number of hydrogen-bond acceptors (Lipinski definition) is 5. The highest BCUT2D eigenvalue weighted by Gasteiger charge is 2.23. The summed E-state index contributed by atoms with van der Waals surface area (Å²) in [6.45, 7) is 0. The summed E-state index contributed by atoms with van der Waals surface area (Å²) in [5, 5.41) is 24.6. The van der Waals surface area contributed by atoms with Gasteiger partial charge in [-0.2, -0.15) is 10.5 Å². The van der Waals surface area contributed by atoms with Crippen LogP contribution in [0.1, 0.15) is 11.1 Å². The molecule has 7 nitrogen and oxygen atoms in total. The predicted octanol–water partition coefficient (Wildman–Crippen LogP) is 12.5. The van der Waals surface area contributed by atoms with Gasteiger partial charge in [-0.05, 0) is 77.9 Å². The molecule has 0 spiro atoms. The van der Waals surface area contributed by atoms with E-state index >= 15 is 0 Å². The van der Waals surface area contributed by atoms with Crippen molar-refractivity contribution in [2.45, 2.75) is 0 Å². The molecule has 11 rings (SSSR count). The average molecular weight is 766 g/mol. The molecule has 11 aromatic rings. The molecule has 0 saturated carbocycles. The molecule has 0 N–H and O–H groups in total. The lowest BCUT2D eigenvalue weighted by molar-refractivity contribution is 1.06. The van der Waals surface area contributed by atoms with Crippen LogP contribution in [0.4, 0.5) is 0 Å². The molecule has 0 fully saturated rings. The van der Waals surface area contributed by atoms with Gasteiger partial charge in [0.25, 0.3) is 0 Å². The summed E-state index contributed by atoms with van der Waals surface area (Å²) in [6, 6.07) is 67.9. The topological polar surface area (TPSA) is 96.1 Å². The van der Waals surface area contributed by atoms with Crippen LogP contribution in [-0.4, -0.2) is 24.1 Å². The van der Waals surface area contributed by atoms with Gasteiger partial charge in [0, 0.05) is 38.2 Å². The Morgan fingerprint density at radius 3 is 1.38 bits per heavy atom. The van der Waals surface area contributed by atoms with E-state index in [0.29, 0.717) is 34.2 Å². The van der Waals surface area contributed by atoms with E-state index in [9.17, 15) is 10.5 Å². The molecule has 278 valence electrons. The second-order valence-electron chi connectivity index (χ2n) is 14.7. The zero-order valence-electron chi connectivity index (χ0n) is 32.0. The van der Waals surface area contributed by atoms with Gasteiger partial charge >= 0.3 is 0 Å². The fourth-order valence-electron chi connectivity index (χ4n) is 8.53. The molecule has 0 radical (unpaired) electrons. The van der Waals surface area contributed by atoms with Crippen molar-refractivity contribution in [3.63, 3.8) is 0 Å². The fraction of sp³-hybridized carbons (Fsp3) is 0. The number of fused-ring (bicyclic) bond motifs is 6. The Morgan fingerprint density at radius 2 is 0.800 bits per heavy atom. The number of hydrogen-bond donors (Lipinski definition) is 0. The first-order valence-corrected chi connectivity index (χ1v) is 19.6. The summed E-state index contributed by atoms with van der Waals surface area (Å²) in [5.41, 5.74) is 11.1. The Kier molecular flexibility index (Phi) is 8.11. The van der Waals surface area contributed by atoms with E-state index < -0.39 is 0 Å². The highest BCUT2D eigenvalue weighted by Crippen LogP contribution is 2.40. The van der Waals surface area contributed by atoms with Crippen molar-refractivity contribution < 1.29 is 0 Å². The first-order valence-electron chi connectivity index (χ1n) is 19.6. The van der Waals surface area contributed by atoms with Gasteiger partial charge in [-0.1, -0.05) is 121 Å². The van der Waals surface area contributed by atoms with Crippen LogP contribution in [0.5, 0.6) is 0 Å². The minimum Gasteiger partial charge on any atom is -0.309 e. The van der Waals surface area contributed by atoms with Crippen molar-refractivity contribution in [3.8, 4) is 68.8 Å². The molecule has 3 heterocycles. The highest BCUT2D eigenvalue weighted by molar-refractivity contribution is 6.11. The lowest BCUT2D eigenvalue weighted by atomic mass is 10.00. The van der Waals surface area contributed by atoms with E-state index in [4.69, 9.17) is 15.0 Å². The zero-order chi connectivity index (χ0) is 40.2. The van der Waals surface area contributed by atoms with Crippen molar-refractivity contribution in [1.29, 1.82) is 10.5 Å². The average Bonchev–Trinajstić information content (AvgIpc) is 3.84. The van der Waals surface area contributed by atoms with Crippen LogP contribution in [0, 0.1) is 22.7 Å². The molecule has 0 bridgehead atoms. The lowest BCUT2D eigenvalue weighted by Crippen LogP contribution is -2.06. The van der Waals surface area contributed by atoms with E-state index in [2.05, 4.69) is 124 Å². The van der Waals surface area contributed by atoms with Gasteiger partial charge in [-0.3, -0.25) is 0 Å². The highest BCUT2D eigenvalue weighted by atomic mass is 15.1. The van der Waals surface area contributed by atoms with Crippen LogP contribution in [0.2, 0.25) is 0 Å². The van der Waals surface area contributed by atoms with E-state index in [1.54, 1.807) is 0 Å². The standard InChI is InChI=1S/C53H31N7/c54-32-34-13-12-16-37(29-34)38-26-27-43(50(31-38)60-47-23-10-6-19-41(47)42-20-7-11-24-48(42)60)52-56-51(36-14-2-1-3-15-36)57-53(58-52)44-30-35(33-55)25-28-49(44)59-45-21-8-4-17-39(45)40-18-5-9-22-46(40)59/h1-31H. The summed E-state index contributed by atoms with van der Waals surface area (Å²) < 4.78 is 4.52. The fourth-order valence-corrected chi connectivity index (χ4v) is 8.53. The molecule has 0 aliphatic heterocycles. The van der Waals surface area contributed by atoms with E-state index in [1.807, 2.05) is 84.9 Å². The first-order chi connectivity index (χ1) is 29.7. The largest absolute Gasteiger partial charge is 0.309 e. The van der Waals surface area contributed by atoms with Crippen LogP contribution in [0.3, 0.4) is 0 Å². The molecule has 7 heteroatoms. The minimum absolute atomic E-state index is 0.437. The summed E-state index contributed by atoms with van der Waals surface area (Å²) in [6.07, 6.45) is 0. The Morgan fingerprint density at radius 1 is 0.333 bits per heavy atom. The van der Waals surface area contributed by atoms with Gasteiger partial charge < -0.3 is 9.13 Å². The van der Waals surface area contributed by atoms with Crippen molar-refractivity contribution >= 4 is 43.6 Å². The lowest BCUT2D eigenvalue weighted by Gasteiger charge is -2.17. The molecule has 0 amide bonds. The number of para-hydroxylation sites is 4. The molecule has 3 aromatic heterocycles. The molecule has 8 aromatic carbocycles. The van der Waals surface area contributed by atoms with Crippen molar-refractivity contribution in [1.82, 2.24) is 24.1 Å². The maximum absolute atomic E-state index is 10.3. The second-order valence-corrected chi connectivity index (χ2v) is 14.7. The Bertz CT molecular complexity index is 3480. The van der Waals surface area contributed by atoms with Gasteiger partial charge in [-0.25, -0.2) is 15.0 Å². The minimum atomic E-state index is 0.437. The molecular weight excluding hydrogens is 735 g/mol. The number of nitriles is 2. The molecule has 0 unspecified atom stereocenters. The normalized spacial score (nSPS) is 11.3. The van der Waals surface area contributed by atoms with Gasteiger partial charge in [0.1, 0.15) is 0 Å². The molecule has 0 saturated heterocycles. The van der Waals surface area contributed by atoms with Crippen LogP contribution in [-0.2, 0) is 0 Å². The van der Waals surface area contributed by atoms with Crippen LogP contribution in [0.15, 0.2) is 188 Å². The second kappa shape index (κ2) is 14.1. The number of rotatable bonds is 6. The smallest absolute Gasteiger partial charge is 0.166 e. The first kappa shape index (κ1) is 34.6. The quantitative estimate of drug-likeness (QED) is 0.168. The third kappa shape index (κ3) is 5.61. The summed E-state index contributed by atoms with van der Waals surface area (Å²) in [7, 11) is 0. The van der Waals surface area contributed by atoms with Crippen LogP contribution in [0.25, 0.3) is 100 Å². The Balaban J connectivity index is 1.23. The van der Waals surface area contributed by atoms with Crippen molar-refractivity contribution in [3.05, 3.63) is 199 Å². The van der Waals surface area contributed by atoms with Gasteiger partial charge in [0.15, 0.2) is 17.5 Å². The monoisotopic (exact) mass is 765 g/mol. The molecule has 0 aliphatic carbocycles. The summed E-state index contributed by atoms with van der Waals surface area (Å²) in [4.78, 5) is 15.8. The maximum Gasteiger partial charge on any atom is 0.166 e. The zero-order valence-corrected chi connectivity index (χ0v) is 32.0. The SMILES string of the molecule is N#Cc1cccc(-c2ccc(-c3nc(-c4ccccc4)nc(-c4cc(C#N)ccc4-n4c5ccccc5c5ccccc54)n3)c(-n3c4ccccc4c4ccccc43)c2)c1. The Hall–Kier alpha value is -8.65. The van der Waals surface area contributed by atoms with E-state index in [0.717, 1.165) is 77.2 Å². The van der Waals surface area contributed by atoms with Crippen molar-refractivity contribution in [2.24, 2.45) is 0 Å². The molecule has 60 heavy (non-hydrogen) atoms.